The van der Waals surface area contributed by atoms with Gasteiger partial charge in [0.05, 0.1) is 10.6 Å². The molecule has 0 unspecified atom stereocenters. The van der Waals surface area contributed by atoms with Crippen LogP contribution in [0.5, 0.6) is 0 Å². The van der Waals surface area contributed by atoms with E-state index in [1.54, 1.807) is 16.3 Å². The third-order valence-corrected chi connectivity index (χ3v) is 2.89. The summed E-state index contributed by atoms with van der Waals surface area (Å²) in [5.41, 5.74) is 6.44. The fourth-order valence-corrected chi connectivity index (χ4v) is 1.83. The minimum absolute atomic E-state index is 0.309. The molecule has 14 heavy (non-hydrogen) atoms. The first-order valence-corrected chi connectivity index (χ1v) is 5.60. The van der Waals surface area contributed by atoms with Crippen LogP contribution >= 0.6 is 23.6 Å². The Morgan fingerprint density at radius 1 is 1.71 bits per heavy atom. The number of thiocarbonyl (C=S) groups is 1. The second-order valence-corrected chi connectivity index (χ2v) is 4.08. The highest BCUT2D eigenvalue weighted by Gasteiger charge is 2.03. The molecule has 0 saturated heterocycles. The van der Waals surface area contributed by atoms with E-state index in [1.165, 1.54) is 0 Å². The summed E-state index contributed by atoms with van der Waals surface area (Å²) in [7, 11) is 0. The Labute approximate surface area is 93.2 Å². The van der Waals surface area contributed by atoms with Crippen LogP contribution in [0.15, 0.2) is 22.6 Å². The van der Waals surface area contributed by atoms with Gasteiger partial charge in [0.2, 0.25) is 0 Å². The molecule has 0 atom stereocenters. The zero-order chi connectivity index (χ0) is 10.6. The van der Waals surface area contributed by atoms with Crippen LogP contribution in [-0.2, 0) is 0 Å². The normalized spacial score (nSPS) is 11.4. The molecular weight excluding hydrogens is 214 g/mol. The van der Waals surface area contributed by atoms with Gasteiger partial charge in [0.15, 0.2) is 5.11 Å². The van der Waals surface area contributed by atoms with E-state index >= 15 is 0 Å². The minimum Gasteiger partial charge on any atom is -0.375 e. The Bertz CT molecular complexity index is 330. The van der Waals surface area contributed by atoms with Crippen molar-refractivity contribution in [2.75, 3.05) is 6.54 Å². The molecule has 1 heterocycles. The van der Waals surface area contributed by atoms with E-state index in [1.807, 2.05) is 31.4 Å². The van der Waals surface area contributed by atoms with E-state index in [2.05, 4.69) is 5.10 Å². The number of nitrogens with two attached hydrogens (primary N) is 1. The molecule has 1 aromatic rings. The Morgan fingerprint density at radius 3 is 2.86 bits per heavy atom. The van der Waals surface area contributed by atoms with Gasteiger partial charge in [-0.05, 0) is 37.5 Å². The van der Waals surface area contributed by atoms with Crippen LogP contribution < -0.4 is 5.73 Å². The molecule has 0 spiro atoms. The number of hydrazone groups is 1. The molecule has 0 fully saturated rings. The van der Waals surface area contributed by atoms with Crippen molar-refractivity contribution in [2.24, 2.45) is 10.8 Å². The molecule has 0 aromatic carbocycles. The second-order valence-electron chi connectivity index (χ2n) is 2.72. The zero-order valence-electron chi connectivity index (χ0n) is 8.23. The Hall–Kier alpha value is -0.940. The first kappa shape index (κ1) is 11.1. The van der Waals surface area contributed by atoms with Crippen molar-refractivity contribution < 1.29 is 0 Å². The number of hydrogen-bond acceptors (Lipinski definition) is 3. The van der Waals surface area contributed by atoms with E-state index in [9.17, 15) is 0 Å². The van der Waals surface area contributed by atoms with Gasteiger partial charge in [-0.25, -0.2) is 5.01 Å². The fraction of sp³-hybridized carbons (Fsp3) is 0.333. The smallest absolute Gasteiger partial charge is 0.186 e. The van der Waals surface area contributed by atoms with Gasteiger partial charge < -0.3 is 5.73 Å². The van der Waals surface area contributed by atoms with Crippen molar-refractivity contribution in [3.63, 3.8) is 0 Å². The second kappa shape index (κ2) is 5.07. The van der Waals surface area contributed by atoms with Gasteiger partial charge in [0, 0.05) is 6.54 Å². The van der Waals surface area contributed by atoms with Gasteiger partial charge >= 0.3 is 0 Å². The third-order valence-electron chi connectivity index (χ3n) is 1.70. The number of thiophene rings is 1. The highest BCUT2D eigenvalue weighted by atomic mass is 32.1. The van der Waals surface area contributed by atoms with E-state index in [0.29, 0.717) is 11.7 Å². The summed E-state index contributed by atoms with van der Waals surface area (Å²) in [4.78, 5) is 1.14. The first-order chi connectivity index (χ1) is 6.65. The van der Waals surface area contributed by atoms with Gasteiger partial charge in [-0.2, -0.15) is 5.10 Å². The van der Waals surface area contributed by atoms with Crippen LogP contribution in [0, 0.1) is 0 Å². The molecule has 0 bridgehead atoms. The maximum absolute atomic E-state index is 5.50. The summed E-state index contributed by atoms with van der Waals surface area (Å²) in [6.45, 7) is 4.61. The quantitative estimate of drug-likeness (QED) is 0.488. The lowest BCUT2D eigenvalue weighted by atomic mass is 10.3. The predicted octanol–water partition coefficient (Wildman–Crippen LogP) is 2.04. The molecule has 1 rings (SSSR count). The number of rotatable bonds is 3. The van der Waals surface area contributed by atoms with Crippen LogP contribution in [0.1, 0.15) is 18.7 Å². The average Bonchev–Trinajstić information content (AvgIpc) is 2.65. The van der Waals surface area contributed by atoms with Crippen LogP contribution in [0.3, 0.4) is 0 Å². The summed E-state index contributed by atoms with van der Waals surface area (Å²) in [6.07, 6.45) is 0. The fourth-order valence-electron chi connectivity index (χ4n) is 0.991. The van der Waals surface area contributed by atoms with Gasteiger partial charge in [-0.3, -0.25) is 0 Å². The van der Waals surface area contributed by atoms with Crippen molar-refractivity contribution in [3.05, 3.63) is 22.4 Å². The number of hydrogen-bond donors (Lipinski definition) is 1. The van der Waals surface area contributed by atoms with Crippen molar-refractivity contribution >= 4 is 34.4 Å². The monoisotopic (exact) mass is 227 g/mol. The van der Waals surface area contributed by atoms with E-state index in [0.717, 1.165) is 10.6 Å². The van der Waals surface area contributed by atoms with E-state index in [4.69, 9.17) is 18.0 Å². The number of nitrogens with zero attached hydrogens (tertiary/aromatic N) is 2. The summed E-state index contributed by atoms with van der Waals surface area (Å²) in [6, 6.07) is 4.02. The molecule has 5 heteroatoms. The predicted molar refractivity (Wildman–Crippen MR) is 65.7 cm³/mol. The lowest BCUT2D eigenvalue weighted by molar-refractivity contribution is 0.474. The Morgan fingerprint density at radius 2 is 2.43 bits per heavy atom. The maximum Gasteiger partial charge on any atom is 0.186 e. The zero-order valence-corrected chi connectivity index (χ0v) is 9.86. The van der Waals surface area contributed by atoms with Crippen molar-refractivity contribution in [1.82, 2.24) is 5.01 Å². The van der Waals surface area contributed by atoms with Crippen molar-refractivity contribution in [2.45, 2.75) is 13.8 Å². The molecule has 2 N–H and O–H groups in total. The molecule has 3 nitrogen and oxygen atoms in total. The maximum atomic E-state index is 5.50. The first-order valence-electron chi connectivity index (χ1n) is 4.31. The Kier molecular flexibility index (Phi) is 4.03. The molecule has 0 aliphatic rings. The van der Waals surface area contributed by atoms with Crippen LogP contribution in [-0.4, -0.2) is 22.4 Å². The van der Waals surface area contributed by atoms with Crippen molar-refractivity contribution in [1.29, 1.82) is 0 Å². The molecule has 0 aliphatic heterocycles. The molecule has 0 amide bonds. The van der Waals surface area contributed by atoms with E-state index < -0.39 is 0 Å². The molecule has 0 radical (unpaired) electrons. The molecular formula is C9H13N3S2. The SMILES string of the molecule is CCN(N=C(C)c1cccs1)C(N)=S. The van der Waals surface area contributed by atoms with Gasteiger partial charge in [0.1, 0.15) is 0 Å². The molecule has 0 aliphatic carbocycles. The largest absolute Gasteiger partial charge is 0.375 e. The lowest BCUT2D eigenvalue weighted by Gasteiger charge is -2.14. The summed E-state index contributed by atoms with van der Waals surface area (Å²) >= 11 is 6.52. The average molecular weight is 227 g/mol. The van der Waals surface area contributed by atoms with E-state index in [-0.39, 0.29) is 0 Å². The molecule has 76 valence electrons. The highest BCUT2D eigenvalue weighted by Crippen LogP contribution is 2.10. The van der Waals surface area contributed by atoms with Gasteiger partial charge in [-0.1, -0.05) is 6.07 Å². The van der Waals surface area contributed by atoms with Crippen LogP contribution in [0.4, 0.5) is 0 Å². The third kappa shape index (κ3) is 2.78. The minimum atomic E-state index is 0.309. The molecule has 1 aromatic heterocycles. The van der Waals surface area contributed by atoms with Crippen molar-refractivity contribution in [3.8, 4) is 0 Å². The highest BCUT2D eigenvalue weighted by molar-refractivity contribution is 7.80. The standard InChI is InChI=1S/C9H13N3S2/c1-3-12(9(10)13)11-7(2)8-5-4-6-14-8/h4-6H,3H2,1-2H3,(H2,10,13). The van der Waals surface area contributed by atoms with Crippen LogP contribution in [0.25, 0.3) is 0 Å². The topological polar surface area (TPSA) is 41.6 Å². The van der Waals surface area contributed by atoms with Crippen LogP contribution in [0.2, 0.25) is 0 Å². The van der Waals surface area contributed by atoms with Gasteiger partial charge in [0.25, 0.3) is 0 Å². The van der Waals surface area contributed by atoms with Gasteiger partial charge in [-0.15, -0.1) is 11.3 Å². The summed E-state index contributed by atoms with van der Waals surface area (Å²) in [5.74, 6) is 0. The Balaban J connectivity index is 2.81. The summed E-state index contributed by atoms with van der Waals surface area (Å²) < 4.78 is 0. The lowest BCUT2D eigenvalue weighted by Crippen LogP contribution is -2.31. The summed E-state index contributed by atoms with van der Waals surface area (Å²) in [5, 5.41) is 8.27. The molecule has 0 saturated carbocycles.